The summed E-state index contributed by atoms with van der Waals surface area (Å²) < 4.78 is 2.95. The Morgan fingerprint density at radius 1 is 1.46 bits per heavy atom. The van der Waals surface area contributed by atoms with Gasteiger partial charge < -0.3 is 10.3 Å². The second-order valence-electron chi connectivity index (χ2n) is 3.69. The molecule has 0 aromatic carbocycles. The topological polar surface area (TPSA) is 43.8 Å². The number of hydrogen-bond donors (Lipinski definition) is 1. The highest BCUT2D eigenvalue weighted by molar-refractivity contribution is 9.10. The minimum Gasteiger partial charge on any atom is -0.369 e. The van der Waals surface area contributed by atoms with Gasteiger partial charge in [0.15, 0.2) is 0 Å². The van der Waals surface area contributed by atoms with Crippen molar-refractivity contribution in [2.45, 2.75) is 31.6 Å². The summed E-state index contributed by atoms with van der Waals surface area (Å²) in [6.07, 6.45) is 5.17. The van der Waals surface area contributed by atoms with E-state index in [9.17, 15) is 0 Å². The fraction of sp³-hybridized carbons (Fsp3) is 0.667. The van der Waals surface area contributed by atoms with Crippen LogP contribution in [0.1, 0.15) is 37.3 Å². The Hall–Kier alpha value is -0.510. The summed E-state index contributed by atoms with van der Waals surface area (Å²) in [6, 6.07) is 0. The van der Waals surface area contributed by atoms with Gasteiger partial charge in [-0.3, -0.25) is 0 Å². The van der Waals surface area contributed by atoms with Crippen molar-refractivity contribution >= 4 is 21.9 Å². The Labute approximate surface area is 86.5 Å². The number of hydrogen-bond acceptors (Lipinski definition) is 2. The van der Waals surface area contributed by atoms with Gasteiger partial charge in [0.25, 0.3) is 0 Å². The first kappa shape index (κ1) is 9.06. The molecule has 13 heavy (non-hydrogen) atoms. The molecule has 1 heterocycles. The van der Waals surface area contributed by atoms with Crippen molar-refractivity contribution in [3.05, 3.63) is 10.3 Å². The van der Waals surface area contributed by atoms with Gasteiger partial charge in [0, 0.05) is 13.0 Å². The first-order chi connectivity index (χ1) is 6.20. The van der Waals surface area contributed by atoms with Crippen LogP contribution in [0.25, 0.3) is 0 Å². The Balaban J connectivity index is 2.34. The van der Waals surface area contributed by atoms with Gasteiger partial charge in [-0.05, 0) is 28.8 Å². The standard InChI is InChI=1S/C9H14BrN3/c1-13-8(10)7(12-9(13)11)6-4-2-3-5-6/h6H,2-5H2,1H3,(H2,11,12). The molecule has 1 aromatic rings. The molecule has 0 spiro atoms. The van der Waals surface area contributed by atoms with Crippen LogP contribution in [0.2, 0.25) is 0 Å². The predicted molar refractivity (Wildman–Crippen MR) is 56.5 cm³/mol. The van der Waals surface area contributed by atoms with Crippen LogP contribution >= 0.6 is 15.9 Å². The number of aromatic nitrogens is 2. The number of anilines is 1. The Bertz CT molecular complexity index is 313. The first-order valence-corrected chi connectivity index (χ1v) is 5.47. The zero-order chi connectivity index (χ0) is 9.42. The number of rotatable bonds is 1. The van der Waals surface area contributed by atoms with Crippen LogP contribution in [0.3, 0.4) is 0 Å². The summed E-state index contributed by atoms with van der Waals surface area (Å²) in [5, 5.41) is 0. The lowest BCUT2D eigenvalue weighted by atomic mass is 10.1. The maximum Gasteiger partial charge on any atom is 0.201 e. The summed E-state index contributed by atoms with van der Waals surface area (Å²) >= 11 is 3.53. The number of nitrogen functional groups attached to an aromatic ring is 1. The molecule has 0 unspecified atom stereocenters. The molecule has 0 atom stereocenters. The second-order valence-corrected chi connectivity index (χ2v) is 4.44. The van der Waals surface area contributed by atoms with E-state index in [1.165, 1.54) is 25.7 Å². The Morgan fingerprint density at radius 2 is 2.08 bits per heavy atom. The van der Waals surface area contributed by atoms with E-state index in [-0.39, 0.29) is 0 Å². The van der Waals surface area contributed by atoms with Crippen LogP contribution in [0.4, 0.5) is 5.95 Å². The SMILES string of the molecule is Cn1c(N)nc(C2CCCC2)c1Br. The molecule has 2 rings (SSSR count). The first-order valence-electron chi connectivity index (χ1n) is 4.67. The number of nitrogens with zero attached hydrogens (tertiary/aromatic N) is 2. The molecule has 0 aliphatic heterocycles. The highest BCUT2D eigenvalue weighted by Gasteiger charge is 2.23. The van der Waals surface area contributed by atoms with E-state index in [4.69, 9.17) is 5.73 Å². The predicted octanol–water partition coefficient (Wildman–Crippen LogP) is 2.42. The molecule has 1 aromatic heterocycles. The summed E-state index contributed by atoms with van der Waals surface area (Å²) in [5.41, 5.74) is 6.88. The molecule has 3 nitrogen and oxygen atoms in total. The molecule has 72 valence electrons. The number of nitrogens with two attached hydrogens (primary N) is 1. The lowest BCUT2D eigenvalue weighted by Gasteiger charge is -2.05. The number of imidazole rings is 1. The van der Waals surface area contributed by atoms with E-state index >= 15 is 0 Å². The summed E-state index contributed by atoms with van der Waals surface area (Å²) in [7, 11) is 1.94. The van der Waals surface area contributed by atoms with Gasteiger partial charge in [0.2, 0.25) is 5.95 Å². The summed E-state index contributed by atoms with van der Waals surface area (Å²) in [4.78, 5) is 4.39. The molecule has 0 radical (unpaired) electrons. The van der Waals surface area contributed by atoms with Crippen molar-refractivity contribution in [3.8, 4) is 0 Å². The van der Waals surface area contributed by atoms with Crippen LogP contribution in [0.15, 0.2) is 4.60 Å². The molecular weight excluding hydrogens is 230 g/mol. The minimum atomic E-state index is 0.605. The lowest BCUT2D eigenvalue weighted by Crippen LogP contribution is -1.96. The van der Waals surface area contributed by atoms with E-state index < -0.39 is 0 Å². The average Bonchev–Trinajstić information content (AvgIpc) is 2.70. The number of halogens is 1. The molecule has 4 heteroatoms. The lowest BCUT2D eigenvalue weighted by molar-refractivity contribution is 0.696. The third-order valence-corrected chi connectivity index (χ3v) is 3.76. The smallest absolute Gasteiger partial charge is 0.201 e. The monoisotopic (exact) mass is 243 g/mol. The van der Waals surface area contributed by atoms with Gasteiger partial charge in [-0.25, -0.2) is 4.98 Å². The van der Waals surface area contributed by atoms with Crippen LogP contribution in [0.5, 0.6) is 0 Å². The van der Waals surface area contributed by atoms with Crippen LogP contribution in [-0.4, -0.2) is 9.55 Å². The molecule has 0 saturated heterocycles. The van der Waals surface area contributed by atoms with Crippen molar-refractivity contribution in [1.29, 1.82) is 0 Å². The maximum absolute atomic E-state index is 5.73. The third-order valence-electron chi connectivity index (χ3n) is 2.83. The zero-order valence-electron chi connectivity index (χ0n) is 7.76. The van der Waals surface area contributed by atoms with Crippen molar-refractivity contribution in [2.75, 3.05) is 5.73 Å². The minimum absolute atomic E-state index is 0.605. The van der Waals surface area contributed by atoms with Crippen LogP contribution in [-0.2, 0) is 7.05 Å². The van der Waals surface area contributed by atoms with Crippen molar-refractivity contribution < 1.29 is 0 Å². The quantitative estimate of drug-likeness (QED) is 0.824. The molecule has 2 N–H and O–H groups in total. The van der Waals surface area contributed by atoms with E-state index in [1.54, 1.807) is 0 Å². The molecule has 1 saturated carbocycles. The van der Waals surface area contributed by atoms with Gasteiger partial charge in [-0.1, -0.05) is 12.8 Å². The van der Waals surface area contributed by atoms with E-state index in [1.807, 2.05) is 11.6 Å². The fourth-order valence-corrected chi connectivity index (χ4v) is 2.57. The zero-order valence-corrected chi connectivity index (χ0v) is 9.34. The van der Waals surface area contributed by atoms with Gasteiger partial charge >= 0.3 is 0 Å². The van der Waals surface area contributed by atoms with Gasteiger partial charge in [-0.15, -0.1) is 0 Å². The van der Waals surface area contributed by atoms with Crippen molar-refractivity contribution in [3.63, 3.8) is 0 Å². The molecule has 1 aliphatic rings. The maximum atomic E-state index is 5.73. The highest BCUT2D eigenvalue weighted by Crippen LogP contribution is 2.37. The fourth-order valence-electron chi connectivity index (χ4n) is 1.98. The summed E-state index contributed by atoms with van der Waals surface area (Å²) in [6.45, 7) is 0. The third kappa shape index (κ3) is 1.47. The van der Waals surface area contributed by atoms with Crippen molar-refractivity contribution in [1.82, 2.24) is 9.55 Å². The van der Waals surface area contributed by atoms with Crippen LogP contribution < -0.4 is 5.73 Å². The summed E-state index contributed by atoms with van der Waals surface area (Å²) in [5.74, 6) is 1.23. The molecule has 1 aliphatic carbocycles. The highest BCUT2D eigenvalue weighted by atomic mass is 79.9. The van der Waals surface area contributed by atoms with Gasteiger partial charge in [-0.2, -0.15) is 0 Å². The van der Waals surface area contributed by atoms with Crippen molar-refractivity contribution in [2.24, 2.45) is 7.05 Å². The van der Waals surface area contributed by atoms with Gasteiger partial charge in [0.1, 0.15) is 4.60 Å². The van der Waals surface area contributed by atoms with E-state index in [2.05, 4.69) is 20.9 Å². The Kier molecular flexibility index (Phi) is 2.32. The van der Waals surface area contributed by atoms with Crippen LogP contribution in [0, 0.1) is 0 Å². The van der Waals surface area contributed by atoms with E-state index in [0.29, 0.717) is 11.9 Å². The van der Waals surface area contributed by atoms with E-state index in [0.717, 1.165) is 10.3 Å². The molecular formula is C9H14BrN3. The Morgan fingerprint density at radius 3 is 2.54 bits per heavy atom. The largest absolute Gasteiger partial charge is 0.369 e. The van der Waals surface area contributed by atoms with Gasteiger partial charge in [0.05, 0.1) is 5.69 Å². The normalized spacial score (nSPS) is 18.3. The molecule has 1 fully saturated rings. The second kappa shape index (κ2) is 3.33. The average molecular weight is 244 g/mol. The molecule has 0 amide bonds. The molecule has 0 bridgehead atoms.